The van der Waals surface area contributed by atoms with E-state index in [2.05, 4.69) is 10.3 Å². The second-order valence-electron chi connectivity index (χ2n) is 7.06. The van der Waals surface area contributed by atoms with Crippen LogP contribution in [0.3, 0.4) is 0 Å². The van der Waals surface area contributed by atoms with Crippen LogP contribution in [0.5, 0.6) is 5.75 Å². The van der Waals surface area contributed by atoms with Gasteiger partial charge >= 0.3 is 0 Å². The van der Waals surface area contributed by atoms with Crippen LogP contribution in [0.1, 0.15) is 21.5 Å². The van der Waals surface area contributed by atoms with E-state index in [1.54, 1.807) is 19.4 Å². The quantitative estimate of drug-likeness (QED) is 0.455. The van der Waals surface area contributed by atoms with Crippen molar-refractivity contribution in [2.75, 3.05) is 12.4 Å². The third-order valence-corrected chi connectivity index (χ3v) is 5.03. The number of amides is 1. The lowest BCUT2D eigenvalue weighted by Crippen LogP contribution is -2.13. The van der Waals surface area contributed by atoms with E-state index in [0.29, 0.717) is 22.8 Å². The Balaban J connectivity index is 1.64. The molecule has 1 aromatic heterocycles. The number of hydrogen-bond donors (Lipinski definition) is 1. The fraction of sp³-hybridized carbons (Fsp3) is 0.120. The normalized spacial score (nSPS) is 10.6. The largest absolute Gasteiger partial charge is 0.497 e. The molecule has 1 amide bonds. The number of ether oxygens (including phenoxy) is 1. The summed E-state index contributed by atoms with van der Waals surface area (Å²) in [6, 6.07) is 20.7. The first-order valence-corrected chi connectivity index (χ1v) is 9.63. The number of aromatic nitrogens is 1. The molecular formula is C25H22N2O3. The number of hydrogen-bond acceptors (Lipinski definition) is 4. The summed E-state index contributed by atoms with van der Waals surface area (Å²) in [7, 11) is 1.62. The summed E-state index contributed by atoms with van der Waals surface area (Å²) in [5.41, 5.74) is 5.03. The number of nitrogens with zero attached hydrogens (tertiary/aromatic N) is 1. The maximum atomic E-state index is 13.0. The van der Waals surface area contributed by atoms with Gasteiger partial charge in [0.25, 0.3) is 5.91 Å². The van der Waals surface area contributed by atoms with Crippen molar-refractivity contribution in [3.8, 4) is 28.5 Å². The Kier molecular flexibility index (Phi) is 5.35. The van der Waals surface area contributed by atoms with Crippen molar-refractivity contribution in [1.29, 1.82) is 0 Å². The van der Waals surface area contributed by atoms with Crippen molar-refractivity contribution in [2.24, 2.45) is 0 Å². The number of benzene rings is 3. The zero-order valence-corrected chi connectivity index (χ0v) is 17.1. The van der Waals surface area contributed by atoms with E-state index in [1.807, 2.05) is 74.5 Å². The fourth-order valence-corrected chi connectivity index (χ4v) is 3.19. The predicted octanol–water partition coefficient (Wildman–Crippen LogP) is 5.89. The molecule has 5 nitrogen and oxygen atoms in total. The van der Waals surface area contributed by atoms with Gasteiger partial charge in [-0.05, 0) is 61.4 Å². The maximum absolute atomic E-state index is 13.0. The second-order valence-corrected chi connectivity index (χ2v) is 7.06. The molecule has 0 aliphatic rings. The van der Waals surface area contributed by atoms with Crippen molar-refractivity contribution in [1.82, 2.24) is 4.98 Å². The minimum Gasteiger partial charge on any atom is -0.497 e. The zero-order chi connectivity index (χ0) is 21.1. The Morgan fingerprint density at radius 3 is 2.60 bits per heavy atom. The molecule has 150 valence electrons. The zero-order valence-electron chi connectivity index (χ0n) is 17.1. The summed E-state index contributed by atoms with van der Waals surface area (Å²) >= 11 is 0. The number of nitrogens with one attached hydrogen (secondary N) is 1. The molecule has 0 fully saturated rings. The van der Waals surface area contributed by atoms with Crippen LogP contribution in [-0.2, 0) is 0 Å². The molecule has 0 radical (unpaired) electrons. The number of carbonyl (C=O) groups is 1. The van der Waals surface area contributed by atoms with Crippen LogP contribution in [0.15, 0.2) is 77.3 Å². The summed E-state index contributed by atoms with van der Waals surface area (Å²) in [5, 5.41) is 2.97. The molecule has 4 aromatic rings. The first-order valence-electron chi connectivity index (χ1n) is 9.63. The molecule has 4 rings (SSSR count). The van der Waals surface area contributed by atoms with Crippen molar-refractivity contribution < 1.29 is 13.9 Å². The van der Waals surface area contributed by atoms with E-state index < -0.39 is 0 Å². The minimum atomic E-state index is -0.213. The van der Waals surface area contributed by atoms with Crippen LogP contribution in [-0.4, -0.2) is 18.0 Å². The van der Waals surface area contributed by atoms with Crippen molar-refractivity contribution in [2.45, 2.75) is 13.8 Å². The first-order chi connectivity index (χ1) is 14.5. The number of aryl methyl sites for hydroxylation is 2. The van der Waals surface area contributed by atoms with Crippen molar-refractivity contribution in [3.63, 3.8) is 0 Å². The highest BCUT2D eigenvalue weighted by Crippen LogP contribution is 2.30. The van der Waals surface area contributed by atoms with Crippen LogP contribution < -0.4 is 10.1 Å². The summed E-state index contributed by atoms with van der Waals surface area (Å²) in [4.78, 5) is 17.4. The summed E-state index contributed by atoms with van der Waals surface area (Å²) < 4.78 is 11.3. The molecule has 0 atom stereocenters. The van der Waals surface area contributed by atoms with Gasteiger partial charge in [0, 0.05) is 16.8 Å². The molecular weight excluding hydrogens is 376 g/mol. The minimum absolute atomic E-state index is 0.213. The van der Waals surface area contributed by atoms with E-state index >= 15 is 0 Å². The van der Waals surface area contributed by atoms with Gasteiger partial charge in [0.1, 0.15) is 5.75 Å². The van der Waals surface area contributed by atoms with E-state index in [1.165, 1.54) is 5.56 Å². The van der Waals surface area contributed by atoms with Gasteiger partial charge in [-0.2, -0.15) is 0 Å². The highest BCUT2D eigenvalue weighted by atomic mass is 16.5. The molecule has 30 heavy (non-hydrogen) atoms. The number of carbonyl (C=O) groups excluding carboxylic acids is 1. The van der Waals surface area contributed by atoms with Gasteiger partial charge in [-0.25, -0.2) is 4.98 Å². The van der Waals surface area contributed by atoms with E-state index in [-0.39, 0.29) is 5.91 Å². The predicted molar refractivity (Wildman–Crippen MR) is 118 cm³/mol. The number of oxazole rings is 1. The third kappa shape index (κ3) is 3.96. The summed E-state index contributed by atoms with van der Waals surface area (Å²) in [6.45, 7) is 4.06. The lowest BCUT2D eigenvalue weighted by Gasteiger charge is -2.10. The SMILES string of the molecule is COc1cccc(-c2cnc(-c3ccccc3C(=O)Nc3ccc(C)c(C)c3)o2)c1. The Morgan fingerprint density at radius 2 is 1.80 bits per heavy atom. The lowest BCUT2D eigenvalue weighted by atomic mass is 10.1. The van der Waals surface area contributed by atoms with Crippen LogP contribution in [0.2, 0.25) is 0 Å². The second kappa shape index (κ2) is 8.25. The van der Waals surface area contributed by atoms with E-state index in [9.17, 15) is 4.79 Å². The monoisotopic (exact) mass is 398 g/mol. The Labute approximate surface area is 175 Å². The molecule has 0 bridgehead atoms. The van der Waals surface area contributed by atoms with Gasteiger partial charge in [0.2, 0.25) is 5.89 Å². The van der Waals surface area contributed by atoms with Crippen molar-refractivity contribution >= 4 is 11.6 Å². The van der Waals surface area contributed by atoms with Crippen LogP contribution >= 0.6 is 0 Å². The van der Waals surface area contributed by atoms with E-state index in [4.69, 9.17) is 9.15 Å². The molecule has 1 N–H and O–H groups in total. The smallest absolute Gasteiger partial charge is 0.256 e. The van der Waals surface area contributed by atoms with Gasteiger partial charge < -0.3 is 14.5 Å². The lowest BCUT2D eigenvalue weighted by molar-refractivity contribution is 0.102. The Bertz CT molecular complexity index is 1210. The average Bonchev–Trinajstić information content (AvgIpc) is 3.26. The topological polar surface area (TPSA) is 64.4 Å². The molecule has 1 heterocycles. The van der Waals surface area contributed by atoms with Gasteiger partial charge in [-0.15, -0.1) is 0 Å². The number of rotatable bonds is 5. The molecule has 0 saturated heterocycles. The Morgan fingerprint density at radius 1 is 0.967 bits per heavy atom. The van der Waals surface area contributed by atoms with E-state index in [0.717, 1.165) is 22.6 Å². The van der Waals surface area contributed by atoms with Crippen LogP contribution in [0.25, 0.3) is 22.8 Å². The van der Waals surface area contributed by atoms with Crippen molar-refractivity contribution in [3.05, 3.63) is 89.6 Å². The van der Waals surface area contributed by atoms with Crippen LogP contribution in [0, 0.1) is 13.8 Å². The molecule has 0 saturated carbocycles. The molecule has 5 heteroatoms. The maximum Gasteiger partial charge on any atom is 0.256 e. The van der Waals surface area contributed by atoms with Crippen LogP contribution in [0.4, 0.5) is 5.69 Å². The highest BCUT2D eigenvalue weighted by molar-refractivity contribution is 6.08. The molecule has 0 spiro atoms. The highest BCUT2D eigenvalue weighted by Gasteiger charge is 2.17. The first kappa shape index (κ1) is 19.5. The van der Waals surface area contributed by atoms with Gasteiger partial charge in [0.15, 0.2) is 5.76 Å². The average molecular weight is 398 g/mol. The standard InChI is InChI=1S/C25H22N2O3/c1-16-11-12-19(13-17(16)2)27-24(28)21-9-4-5-10-22(21)25-26-15-23(30-25)18-7-6-8-20(14-18)29-3/h4-15H,1-3H3,(H,27,28). The summed E-state index contributed by atoms with van der Waals surface area (Å²) in [5.74, 6) is 1.51. The summed E-state index contributed by atoms with van der Waals surface area (Å²) in [6.07, 6.45) is 1.65. The molecule has 3 aromatic carbocycles. The molecule has 0 unspecified atom stereocenters. The molecule has 0 aliphatic heterocycles. The molecule has 0 aliphatic carbocycles. The third-order valence-electron chi connectivity index (χ3n) is 5.03. The van der Waals surface area contributed by atoms with Gasteiger partial charge in [0.05, 0.1) is 18.9 Å². The fourth-order valence-electron chi connectivity index (χ4n) is 3.19. The number of methoxy groups -OCH3 is 1. The van der Waals surface area contributed by atoms with Gasteiger partial charge in [-0.3, -0.25) is 4.79 Å². The van der Waals surface area contributed by atoms with Gasteiger partial charge in [-0.1, -0.05) is 30.3 Å². The Hall–Kier alpha value is -3.86. The number of anilines is 1.